The monoisotopic (exact) mass is 259 g/mol. The summed E-state index contributed by atoms with van der Waals surface area (Å²) in [5.74, 6) is -0.309. The fourth-order valence-corrected chi connectivity index (χ4v) is 2.46. The molecule has 1 aliphatic rings. The first-order valence-corrected chi connectivity index (χ1v) is 6.53. The lowest BCUT2D eigenvalue weighted by molar-refractivity contribution is -0.144. The van der Waals surface area contributed by atoms with Crippen LogP contribution in [0.3, 0.4) is 0 Å². The van der Waals surface area contributed by atoms with Crippen LogP contribution in [0.5, 0.6) is 0 Å². The Balaban J connectivity index is 2.01. The molecule has 0 aliphatic carbocycles. The van der Waals surface area contributed by atoms with Crippen LogP contribution < -0.4 is 0 Å². The highest BCUT2D eigenvalue weighted by Crippen LogP contribution is 2.28. The summed E-state index contributed by atoms with van der Waals surface area (Å²) in [6, 6.07) is 9.63. The summed E-state index contributed by atoms with van der Waals surface area (Å²) >= 11 is 0. The fraction of sp³-hybridized carbons (Fsp3) is 0.500. The molecule has 0 unspecified atom stereocenters. The molecule has 0 spiro atoms. The van der Waals surface area contributed by atoms with E-state index in [1.54, 1.807) is 0 Å². The number of carbonyl (C=O) groups excluding carboxylic acids is 1. The van der Waals surface area contributed by atoms with Crippen LogP contribution in [0, 0.1) is 5.92 Å². The van der Waals surface area contributed by atoms with Gasteiger partial charge in [-0.2, -0.15) is 0 Å². The van der Waals surface area contributed by atoms with E-state index < -0.39 is 0 Å². The Bertz CT molecular complexity index is 483. The predicted octanol–water partition coefficient (Wildman–Crippen LogP) is 3.25. The molecule has 0 saturated carbocycles. The number of azide groups is 1. The van der Waals surface area contributed by atoms with Crippen LogP contribution in [-0.4, -0.2) is 18.1 Å². The van der Waals surface area contributed by atoms with Crippen molar-refractivity contribution in [2.45, 2.75) is 38.3 Å². The van der Waals surface area contributed by atoms with Gasteiger partial charge in [-0.3, -0.25) is 4.79 Å². The first-order valence-electron chi connectivity index (χ1n) is 6.53. The van der Waals surface area contributed by atoms with Crippen molar-refractivity contribution >= 4 is 5.97 Å². The van der Waals surface area contributed by atoms with Gasteiger partial charge in [0.25, 0.3) is 0 Å². The number of benzene rings is 1. The Morgan fingerprint density at radius 2 is 2.21 bits per heavy atom. The van der Waals surface area contributed by atoms with E-state index in [0.717, 1.165) is 5.56 Å². The minimum absolute atomic E-state index is 0.129. The average molecular weight is 259 g/mol. The molecule has 0 bridgehead atoms. The Morgan fingerprint density at radius 1 is 1.47 bits per heavy atom. The number of hydrogen-bond donors (Lipinski definition) is 0. The second kappa shape index (κ2) is 6.25. The van der Waals surface area contributed by atoms with Gasteiger partial charge in [-0.15, -0.1) is 0 Å². The quantitative estimate of drug-likeness (QED) is 0.352. The molecule has 1 aromatic rings. The standard InChI is InChI=1S/C14H17N3O2/c1-2-12(16-17-15)13-9-11(14(18)19-13)8-10-6-4-3-5-7-10/h3-7,11-13H,2,8-9H2,1H3/t11-,12-,13+/m1/s1. The van der Waals surface area contributed by atoms with E-state index in [9.17, 15) is 4.79 Å². The Labute approximate surface area is 112 Å². The maximum Gasteiger partial charge on any atom is 0.309 e. The van der Waals surface area contributed by atoms with E-state index in [2.05, 4.69) is 10.0 Å². The molecule has 5 nitrogen and oxygen atoms in total. The average Bonchev–Trinajstić information content (AvgIpc) is 2.78. The maximum absolute atomic E-state index is 11.9. The number of esters is 1. The van der Waals surface area contributed by atoms with Gasteiger partial charge in [0, 0.05) is 4.91 Å². The molecule has 5 heteroatoms. The van der Waals surface area contributed by atoms with E-state index in [1.165, 1.54) is 0 Å². The SMILES string of the molecule is CC[C@@H](N=[N+]=[N-])[C@@H]1C[C@@H](Cc2ccccc2)C(=O)O1. The van der Waals surface area contributed by atoms with E-state index in [-0.39, 0.29) is 24.0 Å². The molecule has 0 N–H and O–H groups in total. The zero-order valence-electron chi connectivity index (χ0n) is 10.9. The first-order chi connectivity index (χ1) is 9.24. The third-order valence-corrected chi connectivity index (χ3v) is 3.49. The summed E-state index contributed by atoms with van der Waals surface area (Å²) in [5.41, 5.74) is 9.64. The molecule has 0 aromatic heterocycles. The lowest BCUT2D eigenvalue weighted by Crippen LogP contribution is -2.22. The van der Waals surface area contributed by atoms with Crippen molar-refractivity contribution in [2.75, 3.05) is 0 Å². The van der Waals surface area contributed by atoms with Crippen LogP contribution in [0.4, 0.5) is 0 Å². The summed E-state index contributed by atoms with van der Waals surface area (Å²) < 4.78 is 5.35. The van der Waals surface area contributed by atoms with Gasteiger partial charge in [-0.1, -0.05) is 42.4 Å². The zero-order chi connectivity index (χ0) is 13.7. The van der Waals surface area contributed by atoms with Gasteiger partial charge in [0.1, 0.15) is 6.10 Å². The molecule has 0 radical (unpaired) electrons. The van der Waals surface area contributed by atoms with Gasteiger partial charge in [0.2, 0.25) is 0 Å². The molecule has 1 heterocycles. The summed E-state index contributed by atoms with van der Waals surface area (Å²) in [5, 5.41) is 3.70. The fourth-order valence-electron chi connectivity index (χ4n) is 2.46. The summed E-state index contributed by atoms with van der Waals surface area (Å²) in [4.78, 5) is 14.7. The Kier molecular flexibility index (Phi) is 4.42. The molecular formula is C14H17N3O2. The smallest absolute Gasteiger partial charge is 0.309 e. The Hall–Kier alpha value is -2.00. The second-order valence-electron chi connectivity index (χ2n) is 4.78. The van der Waals surface area contributed by atoms with Gasteiger partial charge < -0.3 is 4.74 Å². The molecule has 1 fully saturated rings. The molecular weight excluding hydrogens is 242 g/mol. The number of rotatable bonds is 5. The summed E-state index contributed by atoms with van der Waals surface area (Å²) in [6.07, 6.45) is 1.72. The first kappa shape index (κ1) is 13.4. The molecule has 100 valence electrons. The van der Waals surface area contributed by atoms with Crippen LogP contribution in [0.25, 0.3) is 10.4 Å². The van der Waals surface area contributed by atoms with Crippen molar-refractivity contribution in [2.24, 2.45) is 11.0 Å². The van der Waals surface area contributed by atoms with Gasteiger partial charge >= 0.3 is 5.97 Å². The Morgan fingerprint density at radius 3 is 2.84 bits per heavy atom. The van der Waals surface area contributed by atoms with Crippen LogP contribution in [-0.2, 0) is 16.0 Å². The number of hydrogen-bond acceptors (Lipinski definition) is 3. The highest BCUT2D eigenvalue weighted by Gasteiger charge is 2.37. The molecule has 1 saturated heterocycles. The van der Waals surface area contributed by atoms with E-state index in [4.69, 9.17) is 10.3 Å². The van der Waals surface area contributed by atoms with Crippen molar-refractivity contribution < 1.29 is 9.53 Å². The molecule has 2 rings (SSSR count). The van der Waals surface area contributed by atoms with Crippen molar-refractivity contribution in [3.05, 3.63) is 46.3 Å². The molecule has 1 aliphatic heterocycles. The van der Waals surface area contributed by atoms with Crippen LogP contribution in [0.15, 0.2) is 35.4 Å². The van der Waals surface area contributed by atoms with Crippen molar-refractivity contribution in [3.63, 3.8) is 0 Å². The normalized spacial score (nSPS) is 23.5. The summed E-state index contributed by atoms with van der Waals surface area (Å²) in [7, 11) is 0. The van der Waals surface area contributed by atoms with Crippen LogP contribution >= 0.6 is 0 Å². The van der Waals surface area contributed by atoms with E-state index in [0.29, 0.717) is 19.3 Å². The topological polar surface area (TPSA) is 75.1 Å². The lowest BCUT2D eigenvalue weighted by Gasteiger charge is -2.15. The van der Waals surface area contributed by atoms with Gasteiger partial charge in [-0.05, 0) is 30.4 Å². The lowest BCUT2D eigenvalue weighted by atomic mass is 9.94. The zero-order valence-corrected chi connectivity index (χ0v) is 10.9. The molecule has 1 aromatic carbocycles. The van der Waals surface area contributed by atoms with E-state index >= 15 is 0 Å². The highest BCUT2D eigenvalue weighted by atomic mass is 16.6. The maximum atomic E-state index is 11.9. The summed E-state index contributed by atoms with van der Waals surface area (Å²) in [6.45, 7) is 1.93. The number of cyclic esters (lactones) is 1. The number of nitrogens with zero attached hydrogens (tertiary/aromatic N) is 3. The van der Waals surface area contributed by atoms with Crippen LogP contribution in [0.1, 0.15) is 25.3 Å². The molecule has 0 amide bonds. The van der Waals surface area contributed by atoms with Crippen molar-refractivity contribution in [1.29, 1.82) is 0 Å². The number of ether oxygens (including phenoxy) is 1. The van der Waals surface area contributed by atoms with Crippen molar-refractivity contribution in [1.82, 2.24) is 0 Å². The molecule has 3 atom stereocenters. The second-order valence-corrected chi connectivity index (χ2v) is 4.78. The molecule has 19 heavy (non-hydrogen) atoms. The van der Waals surface area contributed by atoms with Gasteiger partial charge in [0.05, 0.1) is 12.0 Å². The van der Waals surface area contributed by atoms with Crippen LogP contribution in [0.2, 0.25) is 0 Å². The van der Waals surface area contributed by atoms with Crippen molar-refractivity contribution in [3.8, 4) is 0 Å². The third kappa shape index (κ3) is 3.26. The largest absolute Gasteiger partial charge is 0.462 e. The minimum Gasteiger partial charge on any atom is -0.462 e. The number of carbonyl (C=O) groups is 1. The predicted molar refractivity (Wildman–Crippen MR) is 71.4 cm³/mol. The van der Waals surface area contributed by atoms with Gasteiger partial charge in [0.15, 0.2) is 0 Å². The highest BCUT2D eigenvalue weighted by molar-refractivity contribution is 5.75. The minimum atomic E-state index is -0.276. The van der Waals surface area contributed by atoms with E-state index in [1.807, 2.05) is 37.3 Å². The third-order valence-electron chi connectivity index (χ3n) is 3.49. The van der Waals surface area contributed by atoms with Gasteiger partial charge in [-0.25, -0.2) is 0 Å².